The van der Waals surface area contributed by atoms with Gasteiger partial charge in [0.1, 0.15) is 11.5 Å². The largest absolute Gasteiger partial charge is 0.507 e. The predicted octanol–water partition coefficient (Wildman–Crippen LogP) is 1.15. The van der Waals surface area contributed by atoms with Crippen LogP contribution in [-0.4, -0.2) is 35.8 Å². The first-order valence-electron chi connectivity index (χ1n) is 6.66. The fraction of sp³-hybridized carbons (Fsp3) is 0.143. The van der Waals surface area contributed by atoms with Crippen molar-refractivity contribution < 1.29 is 18.3 Å². The van der Waals surface area contributed by atoms with E-state index in [9.17, 15) is 13.5 Å². The van der Waals surface area contributed by atoms with Crippen LogP contribution in [-0.2, 0) is 16.6 Å². The van der Waals surface area contributed by atoms with E-state index < -0.39 is 10.0 Å². The number of aromatic hydroxyl groups is 1. The highest BCUT2D eigenvalue weighted by Gasteiger charge is 2.22. The molecule has 2 heterocycles. The molecule has 0 atom stereocenters. The van der Waals surface area contributed by atoms with Crippen molar-refractivity contribution in [2.24, 2.45) is 0 Å². The zero-order valence-corrected chi connectivity index (χ0v) is 13.0. The van der Waals surface area contributed by atoms with Crippen LogP contribution >= 0.6 is 0 Å². The smallest absolute Gasteiger partial charge is 0.260 e. The van der Waals surface area contributed by atoms with E-state index in [1.54, 1.807) is 24.3 Å². The van der Waals surface area contributed by atoms with Crippen molar-refractivity contribution >= 4 is 21.1 Å². The summed E-state index contributed by atoms with van der Waals surface area (Å²) in [5.41, 5.74) is 0.726. The first-order valence-corrected chi connectivity index (χ1v) is 8.15. The number of pyridine rings is 1. The summed E-state index contributed by atoms with van der Waals surface area (Å²) in [6, 6.07) is 7.94. The van der Waals surface area contributed by atoms with Gasteiger partial charge in [-0.25, -0.2) is 18.1 Å². The van der Waals surface area contributed by atoms with Crippen LogP contribution in [0.25, 0.3) is 11.0 Å². The van der Waals surface area contributed by atoms with Crippen LogP contribution in [0.3, 0.4) is 0 Å². The predicted molar refractivity (Wildman–Crippen MR) is 82.6 cm³/mol. The van der Waals surface area contributed by atoms with E-state index in [-0.39, 0.29) is 17.3 Å². The second kappa shape index (κ2) is 5.86. The fourth-order valence-electron chi connectivity index (χ4n) is 2.19. The first-order chi connectivity index (χ1) is 11.0. The Morgan fingerprint density at radius 1 is 1.30 bits per heavy atom. The molecule has 3 aromatic rings. The van der Waals surface area contributed by atoms with Crippen molar-refractivity contribution in [3.8, 4) is 11.5 Å². The fourth-order valence-corrected chi connectivity index (χ4v) is 3.29. The molecule has 3 rings (SSSR count). The summed E-state index contributed by atoms with van der Waals surface area (Å²) in [7, 11) is -2.44. The van der Waals surface area contributed by atoms with E-state index >= 15 is 0 Å². The van der Waals surface area contributed by atoms with Gasteiger partial charge in [-0.05, 0) is 24.3 Å². The van der Waals surface area contributed by atoms with E-state index in [1.807, 2.05) is 0 Å². The van der Waals surface area contributed by atoms with Crippen LogP contribution in [0.15, 0.2) is 41.6 Å². The lowest BCUT2D eigenvalue weighted by atomic mass is 10.2. The number of nitrogens with zero attached hydrogens (tertiary/aromatic N) is 2. The summed E-state index contributed by atoms with van der Waals surface area (Å²) in [4.78, 5) is 4.00. The van der Waals surface area contributed by atoms with Gasteiger partial charge in [0, 0.05) is 12.7 Å². The van der Waals surface area contributed by atoms with Gasteiger partial charge in [-0.2, -0.15) is 5.10 Å². The Bertz CT molecular complexity index is 952. The van der Waals surface area contributed by atoms with E-state index in [4.69, 9.17) is 4.74 Å². The average Bonchev–Trinajstić information content (AvgIpc) is 2.98. The number of aromatic nitrogens is 3. The number of sulfonamides is 1. The molecule has 0 amide bonds. The Hall–Kier alpha value is -2.65. The molecule has 0 aliphatic carbocycles. The molecule has 23 heavy (non-hydrogen) atoms. The van der Waals surface area contributed by atoms with E-state index in [0.29, 0.717) is 22.3 Å². The number of methoxy groups -OCH3 is 1. The molecule has 8 nitrogen and oxygen atoms in total. The molecule has 0 aliphatic heterocycles. The van der Waals surface area contributed by atoms with Gasteiger partial charge in [-0.3, -0.25) is 5.10 Å². The maximum atomic E-state index is 12.4. The van der Waals surface area contributed by atoms with Gasteiger partial charge in [0.15, 0.2) is 5.65 Å². The monoisotopic (exact) mass is 334 g/mol. The molecular weight excluding hydrogens is 320 g/mol. The number of rotatable bonds is 5. The Labute approximate surface area is 132 Å². The summed E-state index contributed by atoms with van der Waals surface area (Å²) < 4.78 is 32.4. The number of nitrogens with one attached hydrogen (secondary N) is 2. The molecule has 0 aliphatic rings. The summed E-state index contributed by atoms with van der Waals surface area (Å²) >= 11 is 0. The minimum atomic E-state index is -3.88. The van der Waals surface area contributed by atoms with Crippen LogP contribution in [0, 0.1) is 0 Å². The van der Waals surface area contributed by atoms with Crippen LogP contribution < -0.4 is 9.46 Å². The third kappa shape index (κ3) is 2.83. The first kappa shape index (κ1) is 15.3. The molecule has 0 saturated heterocycles. The quantitative estimate of drug-likeness (QED) is 0.644. The Balaban J connectivity index is 1.91. The topological polar surface area (TPSA) is 117 Å². The standard InChI is InChI=1S/C14H14N4O4S/c1-22-12-6-2-5-11(19)10(12)8-16-23(20,21)14-9-4-3-7-15-13(9)17-18-14/h2-7,16,19H,8H2,1H3,(H,15,17,18). The third-order valence-corrected chi connectivity index (χ3v) is 4.67. The molecule has 0 bridgehead atoms. The number of hydrogen-bond acceptors (Lipinski definition) is 6. The molecule has 0 saturated carbocycles. The number of hydrogen-bond donors (Lipinski definition) is 3. The lowest BCUT2D eigenvalue weighted by molar-refractivity contribution is 0.399. The summed E-state index contributed by atoms with van der Waals surface area (Å²) in [5, 5.41) is 16.5. The second-order valence-electron chi connectivity index (χ2n) is 4.71. The van der Waals surface area contributed by atoms with Gasteiger partial charge in [0.05, 0.1) is 18.1 Å². The Kier molecular flexibility index (Phi) is 3.89. The van der Waals surface area contributed by atoms with Gasteiger partial charge in [-0.15, -0.1) is 0 Å². The van der Waals surface area contributed by atoms with E-state index in [0.717, 1.165) is 0 Å². The van der Waals surface area contributed by atoms with Crippen molar-refractivity contribution in [2.45, 2.75) is 11.6 Å². The maximum Gasteiger partial charge on any atom is 0.260 e. The number of H-pyrrole nitrogens is 1. The minimum absolute atomic E-state index is 0.0550. The number of ether oxygens (including phenoxy) is 1. The van der Waals surface area contributed by atoms with Crippen molar-refractivity contribution in [3.05, 3.63) is 42.1 Å². The Morgan fingerprint density at radius 3 is 2.91 bits per heavy atom. The molecule has 0 radical (unpaired) electrons. The molecule has 0 fully saturated rings. The summed E-state index contributed by atoms with van der Waals surface area (Å²) in [5.74, 6) is 0.335. The van der Waals surface area contributed by atoms with Crippen LogP contribution in [0.2, 0.25) is 0 Å². The van der Waals surface area contributed by atoms with Crippen LogP contribution in [0.1, 0.15) is 5.56 Å². The molecule has 0 spiro atoms. The molecule has 0 unspecified atom stereocenters. The Morgan fingerprint density at radius 2 is 2.13 bits per heavy atom. The normalized spacial score (nSPS) is 11.7. The number of benzene rings is 1. The highest BCUT2D eigenvalue weighted by molar-refractivity contribution is 7.89. The molecule has 2 aromatic heterocycles. The molecule has 120 valence electrons. The molecular formula is C14H14N4O4S. The van der Waals surface area contributed by atoms with Crippen molar-refractivity contribution in [1.82, 2.24) is 19.9 Å². The number of aromatic amines is 1. The third-order valence-electron chi connectivity index (χ3n) is 3.32. The lowest BCUT2D eigenvalue weighted by Crippen LogP contribution is -2.24. The SMILES string of the molecule is COc1cccc(O)c1CNS(=O)(=O)c1n[nH]c2ncccc12. The van der Waals surface area contributed by atoms with Gasteiger partial charge >= 0.3 is 0 Å². The van der Waals surface area contributed by atoms with E-state index in [1.165, 1.54) is 19.4 Å². The molecule has 3 N–H and O–H groups in total. The maximum absolute atomic E-state index is 12.4. The van der Waals surface area contributed by atoms with Crippen molar-refractivity contribution in [3.63, 3.8) is 0 Å². The van der Waals surface area contributed by atoms with Gasteiger partial charge in [0.2, 0.25) is 5.03 Å². The average molecular weight is 334 g/mol. The highest BCUT2D eigenvalue weighted by atomic mass is 32.2. The van der Waals surface area contributed by atoms with Crippen LogP contribution in [0.4, 0.5) is 0 Å². The number of fused-ring (bicyclic) bond motifs is 1. The van der Waals surface area contributed by atoms with Crippen molar-refractivity contribution in [1.29, 1.82) is 0 Å². The zero-order chi connectivity index (χ0) is 16.4. The van der Waals surface area contributed by atoms with E-state index in [2.05, 4.69) is 19.9 Å². The van der Waals surface area contributed by atoms with Gasteiger partial charge in [0.25, 0.3) is 10.0 Å². The van der Waals surface area contributed by atoms with Gasteiger partial charge < -0.3 is 9.84 Å². The zero-order valence-electron chi connectivity index (χ0n) is 12.1. The number of phenolic OH excluding ortho intramolecular Hbond substituents is 1. The lowest BCUT2D eigenvalue weighted by Gasteiger charge is -2.11. The minimum Gasteiger partial charge on any atom is -0.507 e. The van der Waals surface area contributed by atoms with Crippen molar-refractivity contribution in [2.75, 3.05) is 7.11 Å². The second-order valence-corrected chi connectivity index (χ2v) is 6.39. The summed E-state index contributed by atoms with van der Waals surface area (Å²) in [6.07, 6.45) is 1.54. The molecule has 9 heteroatoms. The summed E-state index contributed by atoms with van der Waals surface area (Å²) in [6.45, 7) is -0.132. The highest BCUT2D eigenvalue weighted by Crippen LogP contribution is 2.27. The van der Waals surface area contributed by atoms with Gasteiger partial charge in [-0.1, -0.05) is 6.07 Å². The number of phenols is 1. The molecule has 1 aromatic carbocycles. The van der Waals surface area contributed by atoms with Crippen LogP contribution in [0.5, 0.6) is 11.5 Å².